The Morgan fingerprint density at radius 1 is 0.941 bits per heavy atom. The van der Waals surface area contributed by atoms with Crippen LogP contribution in [0.2, 0.25) is 0 Å². The first-order valence-electron chi connectivity index (χ1n) is 5.90. The number of nitrogens with zero attached hydrogens (tertiary/aromatic N) is 1. The first kappa shape index (κ1) is 13.7. The van der Waals surface area contributed by atoms with Crippen LogP contribution < -0.4 is 0 Å². The van der Waals surface area contributed by atoms with E-state index in [-0.39, 0.29) is 10.8 Å². The molecule has 0 spiro atoms. The lowest BCUT2D eigenvalue weighted by Crippen LogP contribution is -2.16. The number of isocyanates is 1. The SMILES string of the molecule is CC(C)(C)c1cccc(C(C)(C)C)c1N=C=O. The molecule has 1 aromatic rings. The summed E-state index contributed by atoms with van der Waals surface area (Å²) in [5, 5.41) is 0. The monoisotopic (exact) mass is 231 g/mol. The van der Waals surface area contributed by atoms with Gasteiger partial charge in [-0.1, -0.05) is 59.7 Å². The molecule has 92 valence electrons. The second-order valence-corrected chi connectivity index (χ2v) is 6.40. The Kier molecular flexibility index (Phi) is 3.59. The predicted molar refractivity (Wildman–Crippen MR) is 71.6 cm³/mol. The van der Waals surface area contributed by atoms with Gasteiger partial charge in [0.1, 0.15) is 0 Å². The number of benzene rings is 1. The Morgan fingerprint density at radius 2 is 1.35 bits per heavy atom. The molecule has 0 radical (unpaired) electrons. The summed E-state index contributed by atoms with van der Waals surface area (Å²) in [6.45, 7) is 12.7. The number of hydrogen-bond acceptors (Lipinski definition) is 2. The topological polar surface area (TPSA) is 29.4 Å². The summed E-state index contributed by atoms with van der Waals surface area (Å²) in [4.78, 5) is 14.6. The average Bonchev–Trinajstić information content (AvgIpc) is 2.15. The lowest BCUT2D eigenvalue weighted by atomic mass is 9.79. The largest absolute Gasteiger partial charge is 0.240 e. The van der Waals surface area contributed by atoms with E-state index >= 15 is 0 Å². The van der Waals surface area contributed by atoms with Crippen LogP contribution in [0.15, 0.2) is 23.2 Å². The maximum atomic E-state index is 10.6. The molecule has 2 heteroatoms. The summed E-state index contributed by atoms with van der Waals surface area (Å²) in [6, 6.07) is 6.10. The standard InChI is InChI=1S/C15H21NO/c1-14(2,3)11-8-7-9-12(15(4,5)6)13(11)16-10-17/h7-9H,1-6H3. The third kappa shape index (κ3) is 3.04. The van der Waals surface area contributed by atoms with Gasteiger partial charge in [0.15, 0.2) is 0 Å². The molecule has 0 saturated carbocycles. The van der Waals surface area contributed by atoms with E-state index < -0.39 is 0 Å². The van der Waals surface area contributed by atoms with E-state index in [1.807, 2.05) is 18.2 Å². The van der Waals surface area contributed by atoms with E-state index in [0.717, 1.165) is 16.8 Å². The summed E-state index contributed by atoms with van der Waals surface area (Å²) >= 11 is 0. The molecule has 0 bridgehead atoms. The number of para-hydroxylation sites is 1. The van der Waals surface area contributed by atoms with Crippen molar-refractivity contribution in [3.05, 3.63) is 29.3 Å². The Hall–Kier alpha value is -1.40. The molecule has 0 aliphatic rings. The van der Waals surface area contributed by atoms with Crippen LogP contribution in [0.25, 0.3) is 0 Å². The molecule has 0 aliphatic carbocycles. The molecule has 0 aromatic heterocycles. The third-order valence-corrected chi connectivity index (χ3v) is 2.81. The summed E-state index contributed by atoms with van der Waals surface area (Å²) in [5.74, 6) is 0. The molecule has 17 heavy (non-hydrogen) atoms. The maximum Gasteiger partial charge on any atom is 0.240 e. The minimum Gasteiger partial charge on any atom is -0.211 e. The highest BCUT2D eigenvalue weighted by atomic mass is 16.1. The van der Waals surface area contributed by atoms with Crippen molar-refractivity contribution in [3.8, 4) is 0 Å². The minimum absolute atomic E-state index is 0.0308. The van der Waals surface area contributed by atoms with Gasteiger partial charge < -0.3 is 0 Å². The molecule has 0 saturated heterocycles. The van der Waals surface area contributed by atoms with Crippen LogP contribution >= 0.6 is 0 Å². The first-order chi connectivity index (χ1) is 7.68. The summed E-state index contributed by atoms with van der Waals surface area (Å²) in [6.07, 6.45) is 1.68. The van der Waals surface area contributed by atoms with Crippen LogP contribution in [0.1, 0.15) is 52.7 Å². The van der Waals surface area contributed by atoms with Crippen molar-refractivity contribution in [1.29, 1.82) is 0 Å². The van der Waals surface area contributed by atoms with Gasteiger partial charge in [0, 0.05) is 0 Å². The highest BCUT2D eigenvalue weighted by Gasteiger charge is 2.24. The van der Waals surface area contributed by atoms with Crippen LogP contribution in [0.4, 0.5) is 5.69 Å². The van der Waals surface area contributed by atoms with Gasteiger partial charge in [0.2, 0.25) is 6.08 Å². The maximum absolute atomic E-state index is 10.6. The Balaban J connectivity index is 3.60. The predicted octanol–water partition coefficient (Wildman–Crippen LogP) is 4.25. The van der Waals surface area contributed by atoms with Gasteiger partial charge in [-0.2, -0.15) is 4.99 Å². The van der Waals surface area contributed by atoms with Crippen LogP contribution in [-0.4, -0.2) is 6.08 Å². The molecule has 0 amide bonds. The number of hydrogen-bond donors (Lipinski definition) is 0. The Morgan fingerprint density at radius 3 is 1.65 bits per heavy atom. The number of rotatable bonds is 1. The fourth-order valence-corrected chi connectivity index (χ4v) is 1.92. The summed E-state index contributed by atoms with van der Waals surface area (Å²) in [7, 11) is 0. The van der Waals surface area contributed by atoms with Crippen LogP contribution in [0.5, 0.6) is 0 Å². The Labute approximate surface area is 104 Å². The van der Waals surface area contributed by atoms with Crippen molar-refractivity contribution in [2.45, 2.75) is 52.4 Å². The van der Waals surface area contributed by atoms with Crippen molar-refractivity contribution in [3.63, 3.8) is 0 Å². The molecule has 0 aliphatic heterocycles. The van der Waals surface area contributed by atoms with Crippen LogP contribution in [0, 0.1) is 0 Å². The Bertz CT molecular complexity index is 423. The highest BCUT2D eigenvalue weighted by Crippen LogP contribution is 2.39. The van der Waals surface area contributed by atoms with E-state index in [1.165, 1.54) is 0 Å². The van der Waals surface area contributed by atoms with Crippen molar-refractivity contribution >= 4 is 11.8 Å². The summed E-state index contributed by atoms with van der Waals surface area (Å²) < 4.78 is 0. The van der Waals surface area contributed by atoms with E-state index in [1.54, 1.807) is 6.08 Å². The average molecular weight is 231 g/mol. The van der Waals surface area contributed by atoms with Gasteiger partial charge in [0.05, 0.1) is 5.69 Å². The normalized spacial score (nSPS) is 12.1. The molecular weight excluding hydrogens is 210 g/mol. The van der Waals surface area contributed by atoms with Gasteiger partial charge in [-0.25, -0.2) is 4.79 Å². The second-order valence-electron chi connectivity index (χ2n) is 6.40. The van der Waals surface area contributed by atoms with Gasteiger partial charge in [-0.05, 0) is 22.0 Å². The van der Waals surface area contributed by atoms with Crippen molar-refractivity contribution in [2.24, 2.45) is 4.99 Å². The first-order valence-corrected chi connectivity index (χ1v) is 5.90. The van der Waals surface area contributed by atoms with Gasteiger partial charge in [0.25, 0.3) is 0 Å². The fourth-order valence-electron chi connectivity index (χ4n) is 1.92. The zero-order valence-corrected chi connectivity index (χ0v) is 11.6. The molecule has 0 unspecified atom stereocenters. The third-order valence-electron chi connectivity index (χ3n) is 2.81. The van der Waals surface area contributed by atoms with Crippen molar-refractivity contribution in [1.82, 2.24) is 0 Å². The zero-order chi connectivity index (χ0) is 13.3. The highest BCUT2D eigenvalue weighted by molar-refractivity contribution is 5.62. The molecule has 0 N–H and O–H groups in total. The number of aliphatic imine (C=N–C) groups is 1. The minimum atomic E-state index is -0.0308. The quantitative estimate of drug-likeness (QED) is 0.525. The van der Waals surface area contributed by atoms with Crippen LogP contribution in [-0.2, 0) is 15.6 Å². The second kappa shape index (κ2) is 4.46. The zero-order valence-electron chi connectivity index (χ0n) is 11.6. The smallest absolute Gasteiger partial charge is 0.211 e. The lowest BCUT2D eigenvalue weighted by molar-refractivity contribution is 0.560. The van der Waals surface area contributed by atoms with Crippen molar-refractivity contribution < 1.29 is 4.79 Å². The molecule has 0 atom stereocenters. The molecule has 0 fully saturated rings. The molecule has 1 rings (SSSR count). The molecule has 1 aromatic carbocycles. The molecule has 0 heterocycles. The molecule has 2 nitrogen and oxygen atoms in total. The van der Waals surface area contributed by atoms with Crippen molar-refractivity contribution in [2.75, 3.05) is 0 Å². The van der Waals surface area contributed by atoms with Gasteiger partial charge in [-0.3, -0.25) is 0 Å². The van der Waals surface area contributed by atoms with E-state index in [4.69, 9.17) is 0 Å². The van der Waals surface area contributed by atoms with E-state index in [2.05, 4.69) is 46.5 Å². The molecular formula is C15H21NO. The lowest BCUT2D eigenvalue weighted by Gasteiger charge is -2.27. The van der Waals surface area contributed by atoms with E-state index in [9.17, 15) is 4.79 Å². The van der Waals surface area contributed by atoms with Gasteiger partial charge >= 0.3 is 0 Å². The fraction of sp³-hybridized carbons (Fsp3) is 0.533. The van der Waals surface area contributed by atoms with Crippen LogP contribution in [0.3, 0.4) is 0 Å². The summed E-state index contributed by atoms with van der Waals surface area (Å²) in [5.41, 5.74) is 2.90. The van der Waals surface area contributed by atoms with Gasteiger partial charge in [-0.15, -0.1) is 0 Å². The number of carbonyl (C=O) groups excluding carboxylic acids is 1. The van der Waals surface area contributed by atoms with E-state index in [0.29, 0.717) is 0 Å².